The first-order chi connectivity index (χ1) is 13.6. The molecule has 4 rings (SSSR count). The molecule has 0 spiro atoms. The summed E-state index contributed by atoms with van der Waals surface area (Å²) in [6.07, 6.45) is 1.48. The van der Waals surface area contributed by atoms with E-state index in [1.54, 1.807) is 6.92 Å². The molecule has 0 unspecified atom stereocenters. The molecule has 2 aromatic heterocycles. The SMILES string of the molecule is Cc1nnc(-n2c(=O)n(CCC(N)=O)c3ccc(S(=O)(=O)NC4(C)CC4)cc32)o1. The van der Waals surface area contributed by atoms with Crippen LogP contribution < -0.4 is 16.1 Å². The Kier molecular flexibility index (Phi) is 4.35. The molecule has 1 aliphatic carbocycles. The second-order valence-electron chi connectivity index (χ2n) is 7.41. The minimum absolute atomic E-state index is 0.00941. The lowest BCUT2D eigenvalue weighted by Crippen LogP contribution is -2.34. The minimum atomic E-state index is -3.79. The average Bonchev–Trinajstić information content (AvgIpc) is 3.07. The third-order valence-electron chi connectivity index (χ3n) is 4.88. The fraction of sp³-hybridized carbons (Fsp3) is 0.412. The molecule has 1 aromatic carbocycles. The van der Waals surface area contributed by atoms with Crippen molar-refractivity contribution in [2.24, 2.45) is 5.73 Å². The highest BCUT2D eigenvalue weighted by Crippen LogP contribution is 2.36. The van der Waals surface area contributed by atoms with E-state index in [0.717, 1.165) is 17.4 Å². The molecule has 0 radical (unpaired) electrons. The Morgan fingerprint density at radius 1 is 1.31 bits per heavy atom. The van der Waals surface area contributed by atoms with Crippen LogP contribution in [0.4, 0.5) is 0 Å². The molecule has 12 heteroatoms. The van der Waals surface area contributed by atoms with Crippen molar-refractivity contribution >= 4 is 27.0 Å². The molecule has 1 saturated carbocycles. The summed E-state index contributed by atoms with van der Waals surface area (Å²) >= 11 is 0. The van der Waals surface area contributed by atoms with Crippen LogP contribution in [0.5, 0.6) is 0 Å². The Hall–Kier alpha value is -2.99. The van der Waals surface area contributed by atoms with Gasteiger partial charge in [0.1, 0.15) is 0 Å². The van der Waals surface area contributed by atoms with E-state index in [2.05, 4.69) is 14.9 Å². The Morgan fingerprint density at radius 3 is 2.62 bits per heavy atom. The minimum Gasteiger partial charge on any atom is -0.408 e. The smallest absolute Gasteiger partial charge is 0.337 e. The number of sulfonamides is 1. The van der Waals surface area contributed by atoms with Gasteiger partial charge in [0, 0.05) is 25.4 Å². The maximum atomic E-state index is 13.0. The molecule has 154 valence electrons. The summed E-state index contributed by atoms with van der Waals surface area (Å²) in [5.74, 6) is -0.315. The lowest BCUT2D eigenvalue weighted by atomic mass is 10.3. The number of hydrogen-bond acceptors (Lipinski definition) is 7. The number of benzene rings is 1. The normalized spacial score (nSPS) is 15.7. The van der Waals surface area contributed by atoms with E-state index >= 15 is 0 Å². The molecule has 3 aromatic rings. The van der Waals surface area contributed by atoms with Crippen LogP contribution in [0.2, 0.25) is 0 Å². The number of hydrogen-bond donors (Lipinski definition) is 2. The molecule has 2 heterocycles. The van der Waals surface area contributed by atoms with Gasteiger partial charge >= 0.3 is 11.7 Å². The lowest BCUT2D eigenvalue weighted by Gasteiger charge is -2.12. The van der Waals surface area contributed by atoms with Gasteiger partial charge in [-0.3, -0.25) is 9.36 Å². The zero-order chi connectivity index (χ0) is 21.0. The number of aromatic nitrogens is 4. The molecule has 1 aliphatic rings. The van der Waals surface area contributed by atoms with E-state index in [-0.39, 0.29) is 35.3 Å². The zero-order valence-electron chi connectivity index (χ0n) is 15.9. The first-order valence-corrected chi connectivity index (χ1v) is 10.5. The zero-order valence-corrected chi connectivity index (χ0v) is 16.7. The van der Waals surface area contributed by atoms with Crippen LogP contribution in [-0.4, -0.2) is 39.2 Å². The van der Waals surface area contributed by atoms with Gasteiger partial charge in [0.05, 0.1) is 15.9 Å². The third kappa shape index (κ3) is 3.56. The fourth-order valence-electron chi connectivity index (χ4n) is 3.08. The predicted molar refractivity (Wildman–Crippen MR) is 102 cm³/mol. The molecule has 0 aliphatic heterocycles. The second-order valence-corrected chi connectivity index (χ2v) is 9.09. The Labute approximate surface area is 165 Å². The number of nitrogens with two attached hydrogens (primary N) is 1. The highest BCUT2D eigenvalue weighted by atomic mass is 32.2. The van der Waals surface area contributed by atoms with Crippen LogP contribution in [0.15, 0.2) is 32.3 Å². The quantitative estimate of drug-likeness (QED) is 0.553. The Balaban J connectivity index is 1.90. The van der Waals surface area contributed by atoms with E-state index in [0.29, 0.717) is 5.52 Å². The van der Waals surface area contributed by atoms with E-state index in [4.69, 9.17) is 10.2 Å². The molecular weight excluding hydrogens is 400 g/mol. The van der Waals surface area contributed by atoms with Crippen molar-refractivity contribution < 1.29 is 17.6 Å². The summed E-state index contributed by atoms with van der Waals surface area (Å²) in [4.78, 5) is 24.2. The van der Waals surface area contributed by atoms with Crippen molar-refractivity contribution in [2.75, 3.05) is 0 Å². The van der Waals surface area contributed by atoms with E-state index in [1.807, 2.05) is 6.92 Å². The number of imidazole rings is 1. The number of nitrogens with one attached hydrogen (secondary N) is 1. The Morgan fingerprint density at radius 2 is 2.03 bits per heavy atom. The third-order valence-corrected chi connectivity index (χ3v) is 6.52. The maximum absolute atomic E-state index is 13.0. The van der Waals surface area contributed by atoms with Crippen molar-refractivity contribution in [3.8, 4) is 6.01 Å². The van der Waals surface area contributed by atoms with Gasteiger partial charge in [0.2, 0.25) is 21.8 Å². The summed E-state index contributed by atoms with van der Waals surface area (Å²) in [6, 6.07) is 4.22. The average molecular weight is 420 g/mol. The van der Waals surface area contributed by atoms with E-state index < -0.39 is 27.2 Å². The van der Waals surface area contributed by atoms with Gasteiger partial charge in [-0.15, -0.1) is 5.10 Å². The summed E-state index contributed by atoms with van der Waals surface area (Å²) in [7, 11) is -3.79. The molecule has 0 saturated heterocycles. The number of aryl methyl sites for hydroxylation is 2. The molecule has 1 amide bonds. The van der Waals surface area contributed by atoms with Gasteiger partial charge in [0.15, 0.2) is 0 Å². The number of primary amides is 1. The number of rotatable bonds is 7. The van der Waals surface area contributed by atoms with Crippen LogP contribution in [-0.2, 0) is 21.4 Å². The fourth-order valence-corrected chi connectivity index (χ4v) is 4.56. The maximum Gasteiger partial charge on any atom is 0.337 e. The van der Waals surface area contributed by atoms with Crippen LogP contribution in [0.25, 0.3) is 17.0 Å². The number of carbonyl (C=O) groups excluding carboxylic acids is 1. The van der Waals surface area contributed by atoms with Crippen LogP contribution in [0.3, 0.4) is 0 Å². The highest BCUT2D eigenvalue weighted by molar-refractivity contribution is 7.89. The molecule has 11 nitrogen and oxygen atoms in total. The molecule has 0 atom stereocenters. The van der Waals surface area contributed by atoms with Crippen LogP contribution in [0, 0.1) is 6.92 Å². The van der Waals surface area contributed by atoms with Gasteiger partial charge in [0.25, 0.3) is 0 Å². The highest BCUT2D eigenvalue weighted by Gasteiger charge is 2.41. The van der Waals surface area contributed by atoms with Crippen molar-refractivity contribution in [3.63, 3.8) is 0 Å². The van der Waals surface area contributed by atoms with E-state index in [1.165, 1.54) is 22.8 Å². The largest absolute Gasteiger partial charge is 0.408 e. The first-order valence-electron chi connectivity index (χ1n) is 8.98. The van der Waals surface area contributed by atoms with Crippen molar-refractivity contribution in [3.05, 3.63) is 34.6 Å². The van der Waals surface area contributed by atoms with E-state index in [9.17, 15) is 18.0 Å². The van der Waals surface area contributed by atoms with Gasteiger partial charge in [-0.2, -0.15) is 0 Å². The van der Waals surface area contributed by atoms with Crippen molar-refractivity contribution in [1.82, 2.24) is 24.1 Å². The molecule has 1 fully saturated rings. The molecule has 0 bridgehead atoms. The summed E-state index contributed by atoms with van der Waals surface area (Å²) in [5, 5.41) is 7.61. The predicted octanol–water partition coefficient (Wildman–Crippen LogP) is 0.190. The van der Waals surface area contributed by atoms with Gasteiger partial charge in [-0.25, -0.2) is 22.5 Å². The van der Waals surface area contributed by atoms with Crippen LogP contribution >= 0.6 is 0 Å². The topological polar surface area (TPSA) is 155 Å². The Bertz CT molecular complexity index is 1280. The summed E-state index contributed by atoms with van der Waals surface area (Å²) in [5.41, 5.74) is 4.92. The second kappa shape index (κ2) is 6.52. The van der Waals surface area contributed by atoms with Gasteiger partial charge < -0.3 is 10.2 Å². The molecule has 29 heavy (non-hydrogen) atoms. The number of amides is 1. The standard InChI is InChI=1S/C17H20N6O5S/c1-10-19-20-15(28-10)23-13-9-11(29(26,27)21-17(2)6-7-17)3-4-12(13)22(16(23)25)8-5-14(18)24/h3-4,9,21H,5-8H2,1-2H3,(H2,18,24). The van der Waals surface area contributed by atoms with Gasteiger partial charge in [-0.1, -0.05) is 5.10 Å². The van der Waals surface area contributed by atoms with Crippen molar-refractivity contribution in [1.29, 1.82) is 0 Å². The lowest BCUT2D eigenvalue weighted by molar-refractivity contribution is -0.118. The molecular formula is C17H20N6O5S. The summed E-state index contributed by atoms with van der Waals surface area (Å²) < 4.78 is 36.1. The number of fused-ring (bicyclic) bond motifs is 1. The van der Waals surface area contributed by atoms with Gasteiger partial charge in [-0.05, 0) is 38.0 Å². The monoisotopic (exact) mass is 420 g/mol. The van der Waals surface area contributed by atoms with Crippen LogP contribution in [0.1, 0.15) is 32.1 Å². The number of nitrogens with zero attached hydrogens (tertiary/aromatic N) is 4. The molecule has 3 N–H and O–H groups in total. The summed E-state index contributed by atoms with van der Waals surface area (Å²) in [6.45, 7) is 3.44. The van der Waals surface area contributed by atoms with Crippen molar-refractivity contribution in [2.45, 2.75) is 50.1 Å². The first kappa shape index (κ1) is 19.3. The number of carbonyl (C=O) groups is 1.